The Morgan fingerprint density at radius 3 is 2.54 bits per heavy atom. The molecule has 1 aliphatic rings. The van der Waals surface area contributed by atoms with E-state index in [1.165, 1.54) is 0 Å². The number of nitrogens with one attached hydrogen (secondary N) is 3. The van der Waals surface area contributed by atoms with Gasteiger partial charge >= 0.3 is 6.09 Å². The zero-order valence-electron chi connectivity index (χ0n) is 13.0. The van der Waals surface area contributed by atoms with Gasteiger partial charge in [-0.1, -0.05) is 30.3 Å². The molecule has 0 aliphatic carbocycles. The Labute approximate surface area is 138 Å². The molecular weight excluding hydrogens is 314 g/mol. The highest BCUT2D eigenvalue weighted by atomic mass is 16.4. The maximum Gasteiger partial charge on any atom is 0.405 e. The number of hydrogen-bond donors (Lipinski definition) is 4. The Morgan fingerprint density at radius 2 is 1.96 bits per heavy atom. The average molecular weight is 333 g/mol. The van der Waals surface area contributed by atoms with E-state index in [0.717, 1.165) is 5.56 Å². The Hall–Kier alpha value is -2.90. The fourth-order valence-corrected chi connectivity index (χ4v) is 2.56. The van der Waals surface area contributed by atoms with Crippen molar-refractivity contribution in [3.63, 3.8) is 0 Å². The molecule has 2 atom stereocenters. The molecule has 1 saturated heterocycles. The molecule has 0 aromatic heterocycles. The number of amides is 3. The van der Waals surface area contributed by atoms with Gasteiger partial charge in [-0.05, 0) is 18.4 Å². The van der Waals surface area contributed by atoms with Crippen LogP contribution < -0.4 is 16.0 Å². The van der Waals surface area contributed by atoms with Crippen LogP contribution >= 0.6 is 0 Å². The van der Waals surface area contributed by atoms with Crippen LogP contribution in [0.4, 0.5) is 4.79 Å². The van der Waals surface area contributed by atoms with E-state index in [-0.39, 0.29) is 18.9 Å². The van der Waals surface area contributed by atoms with Crippen LogP contribution in [0, 0.1) is 5.92 Å². The molecular formula is C16H19N3O5. The second-order valence-corrected chi connectivity index (χ2v) is 5.55. The van der Waals surface area contributed by atoms with Gasteiger partial charge in [0, 0.05) is 19.0 Å². The fraction of sp³-hybridized carbons (Fsp3) is 0.375. The number of rotatable bonds is 7. The van der Waals surface area contributed by atoms with E-state index in [0.29, 0.717) is 13.0 Å². The number of ketones is 1. The van der Waals surface area contributed by atoms with Crippen molar-refractivity contribution in [1.82, 2.24) is 16.0 Å². The second kappa shape index (κ2) is 8.09. The Bertz CT molecular complexity index is 632. The minimum absolute atomic E-state index is 0.0320. The first kappa shape index (κ1) is 17.5. The van der Waals surface area contributed by atoms with Crippen LogP contribution in [0.3, 0.4) is 0 Å². The Kier molecular flexibility index (Phi) is 5.89. The lowest BCUT2D eigenvalue weighted by Crippen LogP contribution is -2.48. The SMILES string of the molecule is O=C(O)NC(CC1CCNC1=O)C(=O)C(=O)NCc1ccccc1. The molecule has 0 saturated carbocycles. The molecule has 0 spiro atoms. The van der Waals surface area contributed by atoms with Crippen LogP contribution in [0.25, 0.3) is 0 Å². The number of carboxylic acid groups (broad SMARTS) is 1. The van der Waals surface area contributed by atoms with Crippen molar-refractivity contribution in [1.29, 1.82) is 0 Å². The normalized spacial score (nSPS) is 17.7. The van der Waals surface area contributed by atoms with Crippen LogP contribution in [0.15, 0.2) is 30.3 Å². The van der Waals surface area contributed by atoms with Gasteiger partial charge in [0.2, 0.25) is 11.7 Å². The monoisotopic (exact) mass is 333 g/mol. The van der Waals surface area contributed by atoms with E-state index in [4.69, 9.17) is 5.11 Å². The number of carbonyl (C=O) groups excluding carboxylic acids is 3. The van der Waals surface area contributed by atoms with Crippen molar-refractivity contribution < 1.29 is 24.3 Å². The lowest BCUT2D eigenvalue weighted by Gasteiger charge is -2.18. The predicted octanol–water partition coefficient (Wildman–Crippen LogP) is 0.0343. The quantitative estimate of drug-likeness (QED) is 0.524. The van der Waals surface area contributed by atoms with Crippen molar-refractivity contribution in [2.75, 3.05) is 6.54 Å². The van der Waals surface area contributed by atoms with Gasteiger partial charge in [-0.25, -0.2) is 4.79 Å². The lowest BCUT2D eigenvalue weighted by atomic mass is 9.95. The molecule has 24 heavy (non-hydrogen) atoms. The molecule has 2 unspecified atom stereocenters. The van der Waals surface area contributed by atoms with Gasteiger partial charge in [-0.15, -0.1) is 0 Å². The third kappa shape index (κ3) is 4.80. The lowest BCUT2D eigenvalue weighted by molar-refractivity contribution is -0.139. The Balaban J connectivity index is 1.96. The number of Topliss-reactive ketones (excluding diaryl/α,β-unsaturated/α-hetero) is 1. The van der Waals surface area contributed by atoms with Crippen LogP contribution in [-0.2, 0) is 20.9 Å². The number of carbonyl (C=O) groups is 4. The molecule has 8 nitrogen and oxygen atoms in total. The third-order valence-corrected chi connectivity index (χ3v) is 3.82. The summed E-state index contributed by atoms with van der Waals surface area (Å²) in [5.41, 5.74) is 0.816. The Morgan fingerprint density at radius 1 is 1.25 bits per heavy atom. The van der Waals surface area contributed by atoms with Gasteiger partial charge in [0.15, 0.2) is 0 Å². The highest BCUT2D eigenvalue weighted by Gasteiger charge is 2.33. The first-order valence-corrected chi connectivity index (χ1v) is 7.60. The number of benzene rings is 1. The summed E-state index contributed by atoms with van der Waals surface area (Å²) in [4.78, 5) is 46.7. The molecule has 128 valence electrons. The van der Waals surface area contributed by atoms with Gasteiger partial charge < -0.3 is 21.1 Å². The van der Waals surface area contributed by atoms with E-state index >= 15 is 0 Å². The summed E-state index contributed by atoms with van der Waals surface area (Å²) in [6.45, 7) is 0.646. The van der Waals surface area contributed by atoms with Gasteiger partial charge in [0.05, 0.1) is 0 Å². The van der Waals surface area contributed by atoms with Crippen LogP contribution in [0.5, 0.6) is 0 Å². The van der Waals surface area contributed by atoms with Gasteiger partial charge in [-0.2, -0.15) is 0 Å². The van der Waals surface area contributed by atoms with Crippen LogP contribution in [0.2, 0.25) is 0 Å². The molecule has 1 fully saturated rings. The minimum atomic E-state index is -1.41. The minimum Gasteiger partial charge on any atom is -0.465 e. The van der Waals surface area contributed by atoms with Crippen molar-refractivity contribution in [2.45, 2.75) is 25.4 Å². The molecule has 1 aliphatic heterocycles. The van der Waals surface area contributed by atoms with E-state index < -0.39 is 29.7 Å². The van der Waals surface area contributed by atoms with E-state index in [9.17, 15) is 19.2 Å². The molecule has 2 rings (SSSR count). The standard InChI is InChI=1S/C16H19N3O5/c20-13(15(22)18-9-10-4-2-1-3-5-10)12(19-16(23)24)8-11-6-7-17-14(11)21/h1-5,11-12,19H,6-9H2,(H,17,21)(H,18,22)(H,23,24). The molecule has 3 amide bonds. The summed E-state index contributed by atoms with van der Waals surface area (Å²) < 4.78 is 0. The molecule has 0 radical (unpaired) electrons. The predicted molar refractivity (Wildman–Crippen MR) is 84.0 cm³/mol. The van der Waals surface area contributed by atoms with Crippen LogP contribution in [0.1, 0.15) is 18.4 Å². The molecule has 1 heterocycles. The summed E-state index contributed by atoms with van der Waals surface area (Å²) in [5.74, 6) is -2.48. The third-order valence-electron chi connectivity index (χ3n) is 3.82. The summed E-state index contributed by atoms with van der Waals surface area (Å²) in [6.07, 6.45) is -0.937. The summed E-state index contributed by atoms with van der Waals surface area (Å²) in [5, 5.41) is 16.0. The summed E-state index contributed by atoms with van der Waals surface area (Å²) in [6, 6.07) is 7.78. The topological polar surface area (TPSA) is 125 Å². The van der Waals surface area contributed by atoms with E-state index in [1.54, 1.807) is 24.3 Å². The second-order valence-electron chi connectivity index (χ2n) is 5.55. The maximum absolute atomic E-state index is 12.2. The average Bonchev–Trinajstić information content (AvgIpc) is 2.97. The zero-order valence-corrected chi connectivity index (χ0v) is 13.0. The van der Waals surface area contributed by atoms with Gasteiger partial charge in [0.25, 0.3) is 5.91 Å². The zero-order chi connectivity index (χ0) is 17.5. The highest BCUT2D eigenvalue weighted by molar-refractivity contribution is 6.38. The highest BCUT2D eigenvalue weighted by Crippen LogP contribution is 2.16. The summed E-state index contributed by atoms with van der Waals surface area (Å²) in [7, 11) is 0. The maximum atomic E-state index is 12.2. The molecule has 4 N–H and O–H groups in total. The molecule has 8 heteroatoms. The van der Waals surface area contributed by atoms with Gasteiger partial charge in [-0.3, -0.25) is 14.4 Å². The first-order chi connectivity index (χ1) is 11.5. The van der Waals surface area contributed by atoms with Crippen LogP contribution in [-0.4, -0.2) is 41.4 Å². The molecule has 0 bridgehead atoms. The van der Waals surface area contributed by atoms with Crippen molar-refractivity contribution >= 4 is 23.7 Å². The van der Waals surface area contributed by atoms with Crippen molar-refractivity contribution in [3.8, 4) is 0 Å². The molecule has 1 aromatic carbocycles. The first-order valence-electron chi connectivity index (χ1n) is 7.60. The van der Waals surface area contributed by atoms with E-state index in [2.05, 4.69) is 10.6 Å². The van der Waals surface area contributed by atoms with Crippen molar-refractivity contribution in [2.24, 2.45) is 5.92 Å². The van der Waals surface area contributed by atoms with Crippen molar-refractivity contribution in [3.05, 3.63) is 35.9 Å². The molecule has 1 aromatic rings. The summed E-state index contributed by atoms with van der Waals surface area (Å²) >= 11 is 0. The van der Waals surface area contributed by atoms with Gasteiger partial charge in [0.1, 0.15) is 6.04 Å². The number of hydrogen-bond acceptors (Lipinski definition) is 4. The van der Waals surface area contributed by atoms with E-state index in [1.807, 2.05) is 11.4 Å². The smallest absolute Gasteiger partial charge is 0.405 e. The largest absolute Gasteiger partial charge is 0.465 e. The fourth-order valence-electron chi connectivity index (χ4n) is 2.56.